The molecule has 0 heterocycles. The van der Waals surface area contributed by atoms with E-state index in [1.54, 1.807) is 0 Å². The van der Waals surface area contributed by atoms with E-state index in [1.807, 2.05) is 0 Å². The van der Waals surface area contributed by atoms with E-state index in [9.17, 15) is 9.59 Å². The zero-order valence-corrected chi connectivity index (χ0v) is 7.65. The van der Waals surface area contributed by atoms with Crippen LogP contribution in [-0.4, -0.2) is 38.2 Å². The van der Waals surface area contributed by atoms with E-state index in [2.05, 4.69) is 9.47 Å². The van der Waals surface area contributed by atoms with Crippen molar-refractivity contribution in [1.82, 2.24) is 0 Å². The van der Waals surface area contributed by atoms with Gasteiger partial charge in [-0.1, -0.05) is 0 Å². The maximum absolute atomic E-state index is 10.8. The molecule has 0 rings (SSSR count). The molecule has 6 nitrogen and oxygen atoms in total. The third-order valence-electron chi connectivity index (χ3n) is 1.52. The normalized spacial score (nSPS) is 14.5. The van der Waals surface area contributed by atoms with Crippen LogP contribution in [0, 0.1) is 0 Å². The summed E-state index contributed by atoms with van der Waals surface area (Å²) in [5, 5.41) is 0. The molecule has 0 aliphatic heterocycles. The Kier molecular flexibility index (Phi) is 5.01. The third-order valence-corrected chi connectivity index (χ3v) is 1.52. The number of methoxy groups -OCH3 is 2. The molecule has 0 aromatic rings. The first-order chi connectivity index (χ1) is 6.02. The van der Waals surface area contributed by atoms with Gasteiger partial charge in [0, 0.05) is 0 Å². The van der Waals surface area contributed by atoms with Crippen molar-refractivity contribution < 1.29 is 19.1 Å². The van der Waals surface area contributed by atoms with Gasteiger partial charge in [-0.3, -0.25) is 9.59 Å². The molecule has 0 aliphatic carbocycles. The lowest BCUT2D eigenvalue weighted by Gasteiger charge is -2.13. The molecule has 0 fully saturated rings. The van der Waals surface area contributed by atoms with Crippen molar-refractivity contribution >= 4 is 11.9 Å². The van der Waals surface area contributed by atoms with E-state index >= 15 is 0 Å². The summed E-state index contributed by atoms with van der Waals surface area (Å²) in [5.41, 5.74) is 10.7. The minimum absolute atomic E-state index is 0.0132. The van der Waals surface area contributed by atoms with Crippen LogP contribution in [0.15, 0.2) is 0 Å². The molecule has 2 unspecified atom stereocenters. The quantitative estimate of drug-likeness (QED) is 0.516. The number of hydrogen-bond donors (Lipinski definition) is 2. The van der Waals surface area contributed by atoms with Crippen LogP contribution in [0.5, 0.6) is 0 Å². The van der Waals surface area contributed by atoms with Crippen molar-refractivity contribution in [3.8, 4) is 0 Å². The maximum Gasteiger partial charge on any atom is 0.322 e. The van der Waals surface area contributed by atoms with E-state index in [1.165, 1.54) is 14.2 Å². The van der Waals surface area contributed by atoms with E-state index in [0.717, 1.165) is 0 Å². The highest BCUT2D eigenvalue weighted by atomic mass is 16.5. The molecule has 0 bridgehead atoms. The average Bonchev–Trinajstić information content (AvgIpc) is 2.14. The van der Waals surface area contributed by atoms with Gasteiger partial charge in [0.05, 0.1) is 14.2 Å². The van der Waals surface area contributed by atoms with Gasteiger partial charge in [0.15, 0.2) is 0 Å². The first-order valence-electron chi connectivity index (χ1n) is 3.69. The summed E-state index contributed by atoms with van der Waals surface area (Å²) < 4.78 is 8.71. The van der Waals surface area contributed by atoms with Crippen LogP contribution < -0.4 is 11.5 Å². The van der Waals surface area contributed by atoms with Crippen LogP contribution in [0.4, 0.5) is 0 Å². The van der Waals surface area contributed by atoms with E-state index in [0.29, 0.717) is 0 Å². The zero-order chi connectivity index (χ0) is 10.4. The molecule has 4 N–H and O–H groups in total. The van der Waals surface area contributed by atoms with Gasteiger partial charge in [0.25, 0.3) is 0 Å². The van der Waals surface area contributed by atoms with Crippen molar-refractivity contribution in [2.75, 3.05) is 14.2 Å². The highest BCUT2D eigenvalue weighted by molar-refractivity contribution is 5.79. The van der Waals surface area contributed by atoms with Crippen LogP contribution in [0.3, 0.4) is 0 Å². The number of rotatable bonds is 4. The van der Waals surface area contributed by atoms with Crippen molar-refractivity contribution in [2.45, 2.75) is 18.5 Å². The van der Waals surface area contributed by atoms with Gasteiger partial charge in [0.2, 0.25) is 0 Å². The molecule has 0 amide bonds. The standard InChI is InChI=1S/C7H14N2O4/c1-12-6(10)4(8)3-5(9)7(11)13-2/h4-5H,3,8-9H2,1-2H3. The molecule has 0 spiro atoms. The average molecular weight is 190 g/mol. The molecule has 0 aliphatic rings. The second-order valence-corrected chi connectivity index (χ2v) is 2.50. The first-order valence-corrected chi connectivity index (χ1v) is 3.69. The van der Waals surface area contributed by atoms with Gasteiger partial charge in [0.1, 0.15) is 12.1 Å². The zero-order valence-electron chi connectivity index (χ0n) is 7.65. The molecular formula is C7H14N2O4. The van der Waals surface area contributed by atoms with Crippen molar-refractivity contribution in [3.63, 3.8) is 0 Å². The summed E-state index contributed by atoms with van der Waals surface area (Å²) in [6, 6.07) is -1.78. The summed E-state index contributed by atoms with van der Waals surface area (Å²) in [6.07, 6.45) is 0.0132. The van der Waals surface area contributed by atoms with Crippen LogP contribution in [0.25, 0.3) is 0 Å². The molecule has 2 atom stereocenters. The van der Waals surface area contributed by atoms with Crippen molar-refractivity contribution in [3.05, 3.63) is 0 Å². The Morgan fingerprint density at radius 3 is 1.62 bits per heavy atom. The minimum atomic E-state index is -0.890. The Morgan fingerprint density at radius 1 is 1.08 bits per heavy atom. The Bertz CT molecular complexity index is 175. The lowest BCUT2D eigenvalue weighted by atomic mass is 10.1. The van der Waals surface area contributed by atoms with Gasteiger partial charge in [-0.15, -0.1) is 0 Å². The fourth-order valence-corrected chi connectivity index (χ4v) is 0.769. The molecule has 6 heteroatoms. The Balaban J connectivity index is 3.98. The molecule has 0 saturated carbocycles. The Labute approximate surface area is 76.2 Å². The summed E-state index contributed by atoms with van der Waals surface area (Å²) in [7, 11) is 2.43. The van der Waals surface area contributed by atoms with E-state index in [4.69, 9.17) is 11.5 Å². The molecule has 0 aromatic carbocycles. The van der Waals surface area contributed by atoms with Crippen LogP contribution in [0.2, 0.25) is 0 Å². The minimum Gasteiger partial charge on any atom is -0.468 e. The number of carbonyl (C=O) groups is 2. The molecule has 13 heavy (non-hydrogen) atoms. The largest absolute Gasteiger partial charge is 0.468 e. The predicted molar refractivity (Wildman–Crippen MR) is 44.6 cm³/mol. The molecule has 0 saturated heterocycles. The van der Waals surface area contributed by atoms with Crippen LogP contribution in [-0.2, 0) is 19.1 Å². The number of carbonyl (C=O) groups excluding carboxylic acids is 2. The summed E-state index contributed by atoms with van der Waals surface area (Å²) in [4.78, 5) is 21.6. The Morgan fingerprint density at radius 2 is 1.38 bits per heavy atom. The predicted octanol–water partition coefficient (Wildman–Crippen LogP) is -1.62. The smallest absolute Gasteiger partial charge is 0.322 e. The number of ether oxygens (including phenoxy) is 2. The molecular weight excluding hydrogens is 176 g/mol. The van der Waals surface area contributed by atoms with E-state index < -0.39 is 24.0 Å². The second-order valence-electron chi connectivity index (χ2n) is 2.50. The van der Waals surface area contributed by atoms with Crippen molar-refractivity contribution in [2.24, 2.45) is 11.5 Å². The first kappa shape index (κ1) is 11.9. The van der Waals surface area contributed by atoms with Gasteiger partial charge < -0.3 is 20.9 Å². The third kappa shape index (κ3) is 3.86. The Hall–Kier alpha value is -1.14. The highest BCUT2D eigenvalue weighted by Gasteiger charge is 2.22. The summed E-state index contributed by atoms with van der Waals surface area (Å²) >= 11 is 0. The topological polar surface area (TPSA) is 105 Å². The SMILES string of the molecule is COC(=O)C(N)CC(N)C(=O)OC. The number of nitrogens with two attached hydrogens (primary N) is 2. The van der Waals surface area contributed by atoms with Crippen LogP contribution in [0.1, 0.15) is 6.42 Å². The second kappa shape index (κ2) is 5.50. The van der Waals surface area contributed by atoms with Gasteiger partial charge in [-0.05, 0) is 6.42 Å². The maximum atomic E-state index is 10.8. The van der Waals surface area contributed by atoms with E-state index in [-0.39, 0.29) is 6.42 Å². The number of hydrogen-bond acceptors (Lipinski definition) is 6. The van der Waals surface area contributed by atoms with Crippen LogP contribution >= 0.6 is 0 Å². The molecule has 76 valence electrons. The molecule has 0 aromatic heterocycles. The lowest BCUT2D eigenvalue weighted by molar-refractivity contribution is -0.144. The fraction of sp³-hybridized carbons (Fsp3) is 0.714. The van der Waals surface area contributed by atoms with Crippen molar-refractivity contribution in [1.29, 1.82) is 0 Å². The number of esters is 2. The summed E-state index contributed by atoms with van der Waals surface area (Å²) in [6.45, 7) is 0. The van der Waals surface area contributed by atoms with Gasteiger partial charge >= 0.3 is 11.9 Å². The summed E-state index contributed by atoms with van der Waals surface area (Å²) in [5.74, 6) is -1.20. The lowest BCUT2D eigenvalue weighted by Crippen LogP contribution is -2.42. The highest BCUT2D eigenvalue weighted by Crippen LogP contribution is 1.97. The van der Waals surface area contributed by atoms with Gasteiger partial charge in [-0.2, -0.15) is 0 Å². The fourth-order valence-electron chi connectivity index (χ4n) is 0.769. The monoisotopic (exact) mass is 190 g/mol. The molecule has 0 radical (unpaired) electrons. The van der Waals surface area contributed by atoms with Gasteiger partial charge in [-0.25, -0.2) is 0 Å².